The molecule has 0 radical (unpaired) electrons. The first-order valence-corrected chi connectivity index (χ1v) is 10.5. The summed E-state index contributed by atoms with van der Waals surface area (Å²) in [6.07, 6.45) is 0. The number of phenols is 1. The molecule has 8 heteroatoms. The number of carboxylic acids is 1. The Balaban J connectivity index is 2.22. The summed E-state index contributed by atoms with van der Waals surface area (Å²) in [6.45, 7) is 0. The van der Waals surface area contributed by atoms with Crippen molar-refractivity contribution < 1.29 is 19.7 Å². The molecule has 122 valence electrons. The van der Waals surface area contributed by atoms with Crippen LogP contribution in [0.5, 0.6) is 17.2 Å². The molecule has 0 aliphatic carbocycles. The van der Waals surface area contributed by atoms with Crippen molar-refractivity contribution >= 4 is 96.3 Å². The molecule has 0 bridgehead atoms. The van der Waals surface area contributed by atoms with E-state index in [1.165, 1.54) is 0 Å². The Morgan fingerprint density at radius 3 is 1.74 bits per heavy atom. The van der Waals surface area contributed by atoms with E-state index in [9.17, 15) is 15.0 Å². The molecule has 0 aliphatic heterocycles. The molecule has 4 nitrogen and oxygen atoms in total. The number of rotatable bonds is 5. The molecule has 0 amide bonds. The van der Waals surface area contributed by atoms with Crippen LogP contribution in [0.3, 0.4) is 0 Å². The second-order valence-electron chi connectivity index (χ2n) is 4.57. The number of benzene rings is 2. The minimum absolute atomic E-state index is 0.182. The zero-order valence-electron chi connectivity index (χ0n) is 11.3. The molecule has 2 aromatic rings. The Labute approximate surface area is 187 Å². The second-order valence-corrected chi connectivity index (χ2v) is 15.2. The third-order valence-corrected chi connectivity index (χ3v) is 12.5. The van der Waals surface area contributed by atoms with Gasteiger partial charge in [-0.05, 0) is 42.0 Å². The molecule has 2 N–H and O–H groups in total. The Hall–Kier alpha value is 0.430. The molecule has 0 unspecified atom stereocenters. The van der Waals surface area contributed by atoms with E-state index in [2.05, 4.69) is 45.2 Å². The number of aromatic hydroxyl groups is 1. The Bertz CT molecular complexity index is 696. The van der Waals surface area contributed by atoms with E-state index in [0.29, 0.717) is 11.5 Å². The topological polar surface area (TPSA) is 66.8 Å². The van der Waals surface area contributed by atoms with Gasteiger partial charge in [0.1, 0.15) is 18.7 Å². The maximum atomic E-state index is 11.5. The monoisotopic (exact) mass is 762 g/mol. The lowest BCUT2D eigenvalue weighted by Crippen LogP contribution is -2.39. The quantitative estimate of drug-likeness (QED) is 0.297. The van der Waals surface area contributed by atoms with Crippen LogP contribution in [0, 0.1) is 0 Å². The first kappa shape index (κ1) is 19.8. The van der Waals surface area contributed by atoms with Crippen LogP contribution in [0.15, 0.2) is 48.5 Å². The van der Waals surface area contributed by atoms with Crippen LogP contribution in [0.4, 0.5) is 0 Å². The van der Waals surface area contributed by atoms with Gasteiger partial charge in [-0.3, -0.25) is 0 Å². The number of aliphatic carboxylic acids is 1. The molecule has 23 heavy (non-hydrogen) atoms. The van der Waals surface area contributed by atoms with Gasteiger partial charge in [-0.2, -0.15) is 0 Å². The summed E-state index contributed by atoms with van der Waals surface area (Å²) < 4.78 is 4.10. The maximum absolute atomic E-state index is 11.5. The molecular formula is C15H10I4O4. The van der Waals surface area contributed by atoms with Crippen LogP contribution in [-0.2, 0) is 6.22 Å². The molecular weight excluding hydrogens is 752 g/mol. The summed E-state index contributed by atoms with van der Waals surface area (Å²) in [4.78, 5) is 11.5. The summed E-state index contributed by atoms with van der Waals surface area (Å²) in [5.74, 6) is 0.577. The van der Waals surface area contributed by atoms with Gasteiger partial charge in [0.2, 0.25) is 0 Å². The van der Waals surface area contributed by atoms with E-state index in [0.717, 1.165) is 5.56 Å². The number of carboxylic acid groups (broad SMARTS) is 1. The van der Waals surface area contributed by atoms with Gasteiger partial charge >= 0.3 is 5.97 Å². The summed E-state index contributed by atoms with van der Waals surface area (Å²) in [5, 5.41) is 18.7. The summed E-state index contributed by atoms with van der Waals surface area (Å²) in [5.41, 5.74) is 0.892. The summed E-state index contributed by atoms with van der Waals surface area (Å²) in [7, 11) is 0. The van der Waals surface area contributed by atoms with E-state index in [-0.39, 0.29) is 5.75 Å². The van der Waals surface area contributed by atoms with Crippen LogP contribution in [0.2, 0.25) is 0 Å². The lowest BCUT2D eigenvalue weighted by Gasteiger charge is -2.31. The fourth-order valence-electron chi connectivity index (χ4n) is 1.70. The van der Waals surface area contributed by atoms with Crippen molar-refractivity contribution in [3.63, 3.8) is 0 Å². The molecule has 0 saturated carbocycles. The van der Waals surface area contributed by atoms with Gasteiger partial charge in [-0.15, -0.1) is 0 Å². The van der Waals surface area contributed by atoms with Gasteiger partial charge in [0.15, 0.2) is 1.43 Å². The lowest BCUT2D eigenvalue weighted by molar-refractivity contribution is -0.136. The predicted molar refractivity (Wildman–Crippen MR) is 123 cm³/mol. The van der Waals surface area contributed by atoms with Crippen LogP contribution in [0.1, 0.15) is 5.56 Å². The molecule has 0 atom stereocenters. The number of alkyl halides is 4. The van der Waals surface area contributed by atoms with Gasteiger partial charge in [-0.25, -0.2) is 4.79 Å². The van der Waals surface area contributed by atoms with Crippen LogP contribution >= 0.6 is 90.4 Å². The Morgan fingerprint density at radius 2 is 1.30 bits per heavy atom. The number of hydrogen-bond donors (Lipinski definition) is 2. The standard InChI is InChI=1S/C15H10I4O4/c16-14(17,15(18,19)13(21)22)9-1-5-11(6-2-9)23-12-7-3-10(20)4-8-12/h1-8,20H,(H,21,22). The van der Waals surface area contributed by atoms with E-state index >= 15 is 0 Å². The number of phenolic OH excluding ortho intramolecular Hbond substituents is 1. The fourth-order valence-corrected chi connectivity index (χ4v) is 3.50. The van der Waals surface area contributed by atoms with E-state index in [4.69, 9.17) is 4.74 Å². The summed E-state index contributed by atoms with van der Waals surface area (Å²) >= 11 is 8.24. The minimum atomic E-state index is -0.983. The SMILES string of the molecule is O=C(O)C(I)(I)C(I)(I)c1ccc(Oc2ccc(O)cc2)cc1. The van der Waals surface area contributed by atoms with Crippen LogP contribution in [-0.4, -0.2) is 17.6 Å². The highest BCUT2D eigenvalue weighted by molar-refractivity contribution is 14.2. The maximum Gasteiger partial charge on any atom is 0.332 e. The Morgan fingerprint density at radius 1 is 0.870 bits per heavy atom. The van der Waals surface area contributed by atoms with Gasteiger partial charge in [0.05, 0.1) is 0 Å². The van der Waals surface area contributed by atoms with Gasteiger partial charge < -0.3 is 14.9 Å². The molecule has 0 aliphatic rings. The predicted octanol–water partition coefficient (Wildman–Crippen LogP) is 5.86. The third-order valence-electron chi connectivity index (χ3n) is 2.95. The fraction of sp³-hybridized carbons (Fsp3) is 0.133. The van der Waals surface area contributed by atoms with Crippen molar-refractivity contribution in [1.29, 1.82) is 0 Å². The molecule has 2 aromatic carbocycles. The lowest BCUT2D eigenvalue weighted by atomic mass is 10.1. The normalized spacial score (nSPS) is 12.0. The third kappa shape index (κ3) is 4.54. The van der Waals surface area contributed by atoms with E-state index in [1.54, 1.807) is 36.4 Å². The van der Waals surface area contributed by atoms with Crippen molar-refractivity contribution in [2.75, 3.05) is 0 Å². The molecule has 0 saturated heterocycles. The van der Waals surface area contributed by atoms with Crippen LogP contribution < -0.4 is 4.74 Å². The van der Waals surface area contributed by atoms with Crippen molar-refractivity contribution in [2.24, 2.45) is 0 Å². The second kappa shape index (κ2) is 7.76. The number of ether oxygens (including phenoxy) is 1. The van der Waals surface area contributed by atoms with E-state index < -0.39 is 8.83 Å². The molecule has 2 rings (SSSR count). The first-order chi connectivity index (χ1) is 10.6. The first-order valence-electron chi connectivity index (χ1n) is 6.21. The smallest absolute Gasteiger partial charge is 0.332 e. The molecule has 0 heterocycles. The highest BCUT2D eigenvalue weighted by Crippen LogP contribution is 2.57. The van der Waals surface area contributed by atoms with E-state index in [1.807, 2.05) is 57.3 Å². The number of hydrogen-bond acceptors (Lipinski definition) is 3. The van der Waals surface area contributed by atoms with Gasteiger partial charge in [-0.1, -0.05) is 102 Å². The van der Waals surface area contributed by atoms with Gasteiger partial charge in [0, 0.05) is 0 Å². The highest BCUT2D eigenvalue weighted by Gasteiger charge is 2.51. The highest BCUT2D eigenvalue weighted by atomic mass is 127. The minimum Gasteiger partial charge on any atom is -0.508 e. The molecule has 0 spiro atoms. The van der Waals surface area contributed by atoms with Crippen molar-refractivity contribution in [3.05, 3.63) is 54.1 Å². The molecule has 0 aromatic heterocycles. The summed E-state index contributed by atoms with van der Waals surface area (Å²) in [6, 6.07) is 13.8. The average Bonchev–Trinajstić information content (AvgIpc) is 2.50. The largest absolute Gasteiger partial charge is 0.508 e. The zero-order valence-corrected chi connectivity index (χ0v) is 20.0. The average molecular weight is 762 g/mol. The Kier molecular flexibility index (Phi) is 6.67. The van der Waals surface area contributed by atoms with Gasteiger partial charge in [0.25, 0.3) is 0 Å². The number of carbonyl (C=O) groups is 1. The zero-order chi connectivity index (χ0) is 17.3. The van der Waals surface area contributed by atoms with Crippen molar-refractivity contribution in [2.45, 2.75) is 2.86 Å². The van der Waals surface area contributed by atoms with Crippen molar-refractivity contribution in [3.8, 4) is 17.2 Å². The van der Waals surface area contributed by atoms with Crippen LogP contribution in [0.25, 0.3) is 0 Å². The molecule has 0 fully saturated rings. The number of halogens is 4. The van der Waals surface area contributed by atoms with Crippen molar-refractivity contribution in [1.82, 2.24) is 0 Å².